The second-order valence-electron chi connectivity index (χ2n) is 4.30. The number of hydrazone groups is 1. The zero-order valence-corrected chi connectivity index (χ0v) is 9.42. The standard InChI is InChI=1S/C11H19N3O/c1-7(2)9-5-4-8(3)10(6-9)13-14-11(12)15/h8-9H,1,4-6H2,2-3H3,(H3,12,14,15)/b13-10-. The average Bonchev–Trinajstić information content (AvgIpc) is 2.16. The van der Waals surface area contributed by atoms with Crippen molar-refractivity contribution >= 4 is 11.7 Å². The van der Waals surface area contributed by atoms with Crippen LogP contribution in [0.15, 0.2) is 17.3 Å². The highest BCUT2D eigenvalue weighted by Gasteiger charge is 2.24. The number of carbonyl (C=O) groups is 1. The lowest BCUT2D eigenvalue weighted by Crippen LogP contribution is -2.30. The van der Waals surface area contributed by atoms with Gasteiger partial charge >= 0.3 is 6.03 Å². The van der Waals surface area contributed by atoms with Crippen LogP contribution in [0, 0.1) is 11.8 Å². The summed E-state index contributed by atoms with van der Waals surface area (Å²) in [4.78, 5) is 10.6. The van der Waals surface area contributed by atoms with Crippen LogP contribution in [0.5, 0.6) is 0 Å². The fourth-order valence-corrected chi connectivity index (χ4v) is 1.88. The number of urea groups is 1. The summed E-state index contributed by atoms with van der Waals surface area (Å²) in [7, 11) is 0. The number of nitrogens with two attached hydrogens (primary N) is 1. The van der Waals surface area contributed by atoms with Gasteiger partial charge in [-0.25, -0.2) is 10.2 Å². The number of amides is 2. The topological polar surface area (TPSA) is 67.5 Å². The van der Waals surface area contributed by atoms with Crippen molar-refractivity contribution in [2.75, 3.05) is 0 Å². The number of hydrogen-bond acceptors (Lipinski definition) is 2. The first-order valence-corrected chi connectivity index (χ1v) is 5.28. The number of primary amides is 1. The molecule has 2 amide bonds. The predicted octanol–water partition coefficient (Wildman–Crippen LogP) is 2.02. The summed E-state index contributed by atoms with van der Waals surface area (Å²) < 4.78 is 0. The van der Waals surface area contributed by atoms with E-state index in [2.05, 4.69) is 24.0 Å². The van der Waals surface area contributed by atoms with Gasteiger partial charge in [-0.05, 0) is 38.0 Å². The monoisotopic (exact) mass is 209 g/mol. The quantitative estimate of drug-likeness (QED) is 0.530. The molecule has 0 heterocycles. The summed E-state index contributed by atoms with van der Waals surface area (Å²) in [6.45, 7) is 8.13. The van der Waals surface area contributed by atoms with Gasteiger partial charge in [0.2, 0.25) is 0 Å². The van der Waals surface area contributed by atoms with Crippen LogP contribution < -0.4 is 11.2 Å². The molecule has 0 aromatic heterocycles. The molecule has 1 saturated carbocycles. The summed E-state index contributed by atoms with van der Waals surface area (Å²) in [5.41, 5.74) is 9.49. The third kappa shape index (κ3) is 3.38. The molecule has 1 aliphatic carbocycles. The molecule has 0 spiro atoms. The zero-order chi connectivity index (χ0) is 11.4. The Morgan fingerprint density at radius 1 is 1.60 bits per heavy atom. The number of hydrogen-bond donors (Lipinski definition) is 2. The number of allylic oxidation sites excluding steroid dienone is 1. The number of rotatable bonds is 2. The van der Waals surface area contributed by atoms with Crippen LogP contribution >= 0.6 is 0 Å². The normalized spacial score (nSPS) is 28.8. The Hall–Kier alpha value is -1.32. The SMILES string of the molecule is C=C(C)C1CCC(C)/C(=N\NC(N)=O)C1. The minimum Gasteiger partial charge on any atom is -0.350 e. The van der Waals surface area contributed by atoms with E-state index >= 15 is 0 Å². The van der Waals surface area contributed by atoms with Gasteiger partial charge in [-0.15, -0.1) is 0 Å². The van der Waals surface area contributed by atoms with E-state index in [1.54, 1.807) is 0 Å². The first-order chi connectivity index (χ1) is 7.00. The van der Waals surface area contributed by atoms with E-state index in [9.17, 15) is 4.79 Å². The lowest BCUT2D eigenvalue weighted by Gasteiger charge is -2.28. The Labute approximate surface area is 90.6 Å². The van der Waals surface area contributed by atoms with Crippen molar-refractivity contribution in [3.05, 3.63) is 12.2 Å². The minimum absolute atomic E-state index is 0.424. The highest BCUT2D eigenvalue weighted by molar-refractivity contribution is 5.88. The van der Waals surface area contributed by atoms with Gasteiger partial charge in [-0.1, -0.05) is 19.1 Å². The summed E-state index contributed by atoms with van der Waals surface area (Å²) in [6, 6.07) is -0.604. The summed E-state index contributed by atoms with van der Waals surface area (Å²) in [5.74, 6) is 0.919. The molecule has 0 bridgehead atoms. The van der Waals surface area contributed by atoms with E-state index in [0.717, 1.165) is 25.0 Å². The van der Waals surface area contributed by atoms with Gasteiger partial charge < -0.3 is 5.73 Å². The second kappa shape index (κ2) is 4.96. The van der Waals surface area contributed by atoms with Crippen molar-refractivity contribution in [2.45, 2.75) is 33.1 Å². The Balaban J connectivity index is 2.64. The molecular weight excluding hydrogens is 190 g/mol. The van der Waals surface area contributed by atoms with E-state index in [1.807, 2.05) is 6.92 Å². The Morgan fingerprint density at radius 2 is 2.27 bits per heavy atom. The van der Waals surface area contributed by atoms with Crippen molar-refractivity contribution in [3.8, 4) is 0 Å². The molecule has 84 valence electrons. The molecule has 1 rings (SSSR count). The lowest BCUT2D eigenvalue weighted by molar-refractivity contribution is 0.249. The molecular formula is C11H19N3O. The summed E-state index contributed by atoms with van der Waals surface area (Å²) in [6.07, 6.45) is 3.14. The van der Waals surface area contributed by atoms with Crippen LogP contribution in [0.2, 0.25) is 0 Å². The number of nitrogens with one attached hydrogen (secondary N) is 1. The largest absolute Gasteiger partial charge is 0.350 e. The van der Waals surface area contributed by atoms with Crippen LogP contribution in [-0.4, -0.2) is 11.7 Å². The molecule has 3 N–H and O–H groups in total. The molecule has 15 heavy (non-hydrogen) atoms. The fraction of sp³-hybridized carbons (Fsp3) is 0.636. The predicted molar refractivity (Wildman–Crippen MR) is 61.5 cm³/mol. The fourth-order valence-electron chi connectivity index (χ4n) is 1.88. The minimum atomic E-state index is -0.604. The van der Waals surface area contributed by atoms with Crippen molar-refractivity contribution in [3.63, 3.8) is 0 Å². The van der Waals surface area contributed by atoms with Gasteiger partial charge in [0.05, 0.1) is 0 Å². The molecule has 2 unspecified atom stereocenters. The van der Waals surface area contributed by atoms with E-state index in [-0.39, 0.29) is 0 Å². The van der Waals surface area contributed by atoms with Gasteiger partial charge in [0.1, 0.15) is 0 Å². The molecule has 4 heteroatoms. The van der Waals surface area contributed by atoms with Crippen LogP contribution in [0.4, 0.5) is 4.79 Å². The maximum atomic E-state index is 10.6. The lowest BCUT2D eigenvalue weighted by atomic mass is 9.79. The van der Waals surface area contributed by atoms with Crippen LogP contribution in [-0.2, 0) is 0 Å². The van der Waals surface area contributed by atoms with Gasteiger partial charge in [0.25, 0.3) is 0 Å². The first kappa shape index (κ1) is 11.8. The molecule has 0 aromatic carbocycles. The molecule has 0 saturated heterocycles. The van der Waals surface area contributed by atoms with Crippen LogP contribution in [0.25, 0.3) is 0 Å². The van der Waals surface area contributed by atoms with Crippen molar-refractivity contribution in [1.82, 2.24) is 5.43 Å². The summed E-state index contributed by atoms with van der Waals surface area (Å²) in [5, 5.41) is 4.05. The molecule has 0 aliphatic heterocycles. The highest BCUT2D eigenvalue weighted by atomic mass is 16.2. The summed E-state index contributed by atoms with van der Waals surface area (Å²) >= 11 is 0. The van der Waals surface area contributed by atoms with Gasteiger partial charge in [0, 0.05) is 5.71 Å². The average molecular weight is 209 g/mol. The second-order valence-corrected chi connectivity index (χ2v) is 4.30. The van der Waals surface area contributed by atoms with Crippen LogP contribution in [0.3, 0.4) is 0 Å². The molecule has 0 radical (unpaired) electrons. The van der Waals surface area contributed by atoms with Crippen LogP contribution in [0.1, 0.15) is 33.1 Å². The maximum Gasteiger partial charge on any atom is 0.332 e. The maximum absolute atomic E-state index is 10.6. The Morgan fingerprint density at radius 3 is 2.80 bits per heavy atom. The molecule has 1 fully saturated rings. The number of carbonyl (C=O) groups excluding carboxylic acids is 1. The smallest absolute Gasteiger partial charge is 0.332 e. The van der Waals surface area contributed by atoms with Crippen molar-refractivity contribution in [1.29, 1.82) is 0 Å². The van der Waals surface area contributed by atoms with E-state index in [0.29, 0.717) is 11.8 Å². The van der Waals surface area contributed by atoms with Crippen molar-refractivity contribution in [2.24, 2.45) is 22.7 Å². The van der Waals surface area contributed by atoms with E-state index < -0.39 is 6.03 Å². The molecule has 2 atom stereocenters. The van der Waals surface area contributed by atoms with E-state index in [1.165, 1.54) is 5.57 Å². The Bertz CT molecular complexity index is 296. The van der Waals surface area contributed by atoms with Gasteiger partial charge in [-0.2, -0.15) is 5.10 Å². The highest BCUT2D eigenvalue weighted by Crippen LogP contribution is 2.30. The zero-order valence-electron chi connectivity index (χ0n) is 9.42. The first-order valence-electron chi connectivity index (χ1n) is 5.28. The van der Waals surface area contributed by atoms with Gasteiger partial charge in [0.15, 0.2) is 0 Å². The molecule has 1 aliphatic rings. The molecule has 0 aromatic rings. The number of nitrogens with zero attached hydrogens (tertiary/aromatic N) is 1. The Kier molecular flexibility index (Phi) is 3.88. The van der Waals surface area contributed by atoms with E-state index in [4.69, 9.17) is 5.73 Å². The van der Waals surface area contributed by atoms with Gasteiger partial charge in [-0.3, -0.25) is 0 Å². The third-order valence-corrected chi connectivity index (χ3v) is 2.98. The molecule has 4 nitrogen and oxygen atoms in total. The van der Waals surface area contributed by atoms with Crippen molar-refractivity contribution < 1.29 is 4.79 Å². The third-order valence-electron chi connectivity index (χ3n) is 2.98.